The lowest BCUT2D eigenvalue weighted by Crippen LogP contribution is -2.27. The Bertz CT molecular complexity index is 688. The van der Waals surface area contributed by atoms with E-state index < -0.39 is 0 Å². The van der Waals surface area contributed by atoms with Crippen molar-refractivity contribution in [2.75, 3.05) is 18.4 Å². The number of thiophene rings is 1. The quantitative estimate of drug-likeness (QED) is 0.910. The molecule has 1 saturated heterocycles. The largest absolute Gasteiger partial charge is 0.326 e. The van der Waals surface area contributed by atoms with Crippen LogP contribution in [0.5, 0.6) is 0 Å². The molecule has 1 amide bonds. The molecule has 0 aliphatic carbocycles. The number of rotatable bonds is 5. The third-order valence-electron chi connectivity index (χ3n) is 4.22. The summed E-state index contributed by atoms with van der Waals surface area (Å²) in [6.07, 6.45) is 2.85. The maximum atomic E-state index is 12.1. The third kappa shape index (κ3) is 3.98. The number of hydrogen-bond donors (Lipinski definition) is 1. The highest BCUT2D eigenvalue weighted by Gasteiger charge is 2.26. The summed E-state index contributed by atoms with van der Waals surface area (Å²) in [5, 5.41) is 16.0. The molecule has 0 unspecified atom stereocenters. The van der Waals surface area contributed by atoms with Crippen LogP contribution in [0.1, 0.15) is 36.4 Å². The second-order valence-electron chi connectivity index (χ2n) is 5.74. The van der Waals surface area contributed by atoms with Crippen molar-refractivity contribution in [1.82, 2.24) is 4.90 Å². The molecule has 23 heavy (non-hydrogen) atoms. The van der Waals surface area contributed by atoms with Gasteiger partial charge in [-0.1, -0.05) is 0 Å². The van der Waals surface area contributed by atoms with Crippen LogP contribution in [0.15, 0.2) is 41.1 Å². The number of anilines is 1. The Balaban J connectivity index is 1.51. The van der Waals surface area contributed by atoms with Gasteiger partial charge in [0.25, 0.3) is 0 Å². The Kier molecular flexibility index (Phi) is 5.06. The molecular formula is C18H19N3OS. The Morgan fingerprint density at radius 1 is 1.35 bits per heavy atom. The molecule has 3 rings (SSSR count). The van der Waals surface area contributed by atoms with Crippen molar-refractivity contribution < 1.29 is 4.79 Å². The minimum Gasteiger partial charge on any atom is -0.326 e. The van der Waals surface area contributed by atoms with E-state index in [0.29, 0.717) is 18.0 Å². The van der Waals surface area contributed by atoms with Gasteiger partial charge in [-0.2, -0.15) is 16.6 Å². The Hall–Kier alpha value is -2.16. The van der Waals surface area contributed by atoms with Crippen molar-refractivity contribution in [2.45, 2.75) is 25.3 Å². The van der Waals surface area contributed by atoms with Crippen molar-refractivity contribution in [3.05, 3.63) is 52.2 Å². The minimum atomic E-state index is 0.0191. The Labute approximate surface area is 140 Å². The first kappa shape index (κ1) is 15.7. The molecule has 0 bridgehead atoms. The summed E-state index contributed by atoms with van der Waals surface area (Å²) < 4.78 is 0. The summed E-state index contributed by atoms with van der Waals surface area (Å²) in [5.74, 6) is 0.0191. The molecule has 118 valence electrons. The first-order valence-corrected chi connectivity index (χ1v) is 8.77. The zero-order valence-electron chi connectivity index (χ0n) is 12.9. The second kappa shape index (κ2) is 7.40. The molecule has 1 aromatic heterocycles. The normalized spacial score (nSPS) is 17.8. The lowest BCUT2D eigenvalue weighted by molar-refractivity contribution is -0.116. The number of nitrogens with zero attached hydrogens (tertiary/aromatic N) is 2. The molecule has 5 heteroatoms. The van der Waals surface area contributed by atoms with Gasteiger partial charge in [0, 0.05) is 24.7 Å². The van der Waals surface area contributed by atoms with Gasteiger partial charge in [-0.05, 0) is 66.0 Å². The van der Waals surface area contributed by atoms with Crippen LogP contribution in [0, 0.1) is 11.3 Å². The van der Waals surface area contributed by atoms with Crippen molar-refractivity contribution in [2.24, 2.45) is 0 Å². The molecule has 2 heterocycles. The molecule has 1 aliphatic heterocycles. The zero-order chi connectivity index (χ0) is 16.1. The van der Waals surface area contributed by atoms with E-state index in [0.717, 1.165) is 18.8 Å². The monoisotopic (exact) mass is 325 g/mol. The van der Waals surface area contributed by atoms with Gasteiger partial charge in [-0.25, -0.2) is 0 Å². The standard InChI is InChI=1S/C18H19N3OS/c19-12-14-3-5-16(6-4-14)20-18(22)7-10-21-9-1-2-17(21)15-8-11-23-13-15/h3-6,8,11,13,17H,1-2,7,9-10H2,(H,20,22)/t17-/m1/s1. The van der Waals surface area contributed by atoms with Crippen LogP contribution in [-0.4, -0.2) is 23.9 Å². The summed E-state index contributed by atoms with van der Waals surface area (Å²) in [4.78, 5) is 14.5. The first-order valence-electron chi connectivity index (χ1n) is 7.82. The van der Waals surface area contributed by atoms with Crippen molar-refractivity contribution in [3.8, 4) is 6.07 Å². The molecular weight excluding hydrogens is 306 g/mol. The summed E-state index contributed by atoms with van der Waals surface area (Å²) in [6.45, 7) is 1.84. The van der Waals surface area contributed by atoms with Crippen molar-refractivity contribution in [3.63, 3.8) is 0 Å². The average molecular weight is 325 g/mol. The van der Waals surface area contributed by atoms with E-state index in [-0.39, 0.29) is 5.91 Å². The van der Waals surface area contributed by atoms with E-state index in [4.69, 9.17) is 5.26 Å². The van der Waals surface area contributed by atoms with Gasteiger partial charge in [0.15, 0.2) is 0 Å². The van der Waals surface area contributed by atoms with Gasteiger partial charge >= 0.3 is 0 Å². The average Bonchev–Trinajstić information content (AvgIpc) is 3.24. The van der Waals surface area contributed by atoms with E-state index >= 15 is 0 Å². The molecule has 1 fully saturated rings. The van der Waals surface area contributed by atoms with Gasteiger partial charge in [0.05, 0.1) is 11.6 Å². The van der Waals surface area contributed by atoms with Crippen LogP contribution in [0.3, 0.4) is 0 Å². The fraction of sp³-hybridized carbons (Fsp3) is 0.333. The molecule has 0 spiro atoms. The Morgan fingerprint density at radius 3 is 2.87 bits per heavy atom. The van der Waals surface area contributed by atoms with E-state index in [1.807, 2.05) is 0 Å². The fourth-order valence-electron chi connectivity index (χ4n) is 3.03. The van der Waals surface area contributed by atoms with E-state index in [1.165, 1.54) is 18.4 Å². The smallest absolute Gasteiger partial charge is 0.225 e. The highest BCUT2D eigenvalue weighted by atomic mass is 32.1. The molecule has 0 radical (unpaired) electrons. The highest BCUT2D eigenvalue weighted by Crippen LogP contribution is 2.32. The number of carbonyl (C=O) groups is 1. The van der Waals surface area contributed by atoms with Gasteiger partial charge < -0.3 is 5.32 Å². The number of likely N-dealkylation sites (tertiary alicyclic amines) is 1. The van der Waals surface area contributed by atoms with E-state index in [1.54, 1.807) is 35.6 Å². The summed E-state index contributed by atoms with van der Waals surface area (Å²) in [7, 11) is 0. The van der Waals surface area contributed by atoms with Gasteiger partial charge in [-0.3, -0.25) is 9.69 Å². The lowest BCUT2D eigenvalue weighted by Gasteiger charge is -2.23. The van der Waals surface area contributed by atoms with Crippen molar-refractivity contribution in [1.29, 1.82) is 5.26 Å². The number of carbonyl (C=O) groups excluding carboxylic acids is 1. The zero-order valence-corrected chi connectivity index (χ0v) is 13.7. The van der Waals surface area contributed by atoms with Crippen molar-refractivity contribution >= 4 is 22.9 Å². The second-order valence-corrected chi connectivity index (χ2v) is 6.52. The van der Waals surface area contributed by atoms with E-state index in [2.05, 4.69) is 33.1 Å². The van der Waals surface area contributed by atoms with Gasteiger partial charge in [0.2, 0.25) is 5.91 Å². The maximum Gasteiger partial charge on any atom is 0.225 e. The van der Waals surface area contributed by atoms with Crippen LogP contribution in [-0.2, 0) is 4.79 Å². The van der Waals surface area contributed by atoms with Crippen LogP contribution in [0.25, 0.3) is 0 Å². The van der Waals surface area contributed by atoms with Crippen LogP contribution in [0.2, 0.25) is 0 Å². The predicted octanol–water partition coefficient (Wildman–Crippen LogP) is 3.79. The molecule has 1 atom stereocenters. The molecule has 1 aromatic carbocycles. The van der Waals surface area contributed by atoms with Gasteiger partial charge in [-0.15, -0.1) is 0 Å². The third-order valence-corrected chi connectivity index (χ3v) is 4.92. The van der Waals surface area contributed by atoms with Crippen LogP contribution < -0.4 is 5.32 Å². The SMILES string of the molecule is N#Cc1ccc(NC(=O)CCN2CCC[C@@H]2c2ccsc2)cc1. The lowest BCUT2D eigenvalue weighted by atomic mass is 10.1. The van der Waals surface area contributed by atoms with E-state index in [9.17, 15) is 4.79 Å². The number of benzene rings is 1. The number of hydrogen-bond acceptors (Lipinski definition) is 4. The first-order chi connectivity index (χ1) is 11.3. The minimum absolute atomic E-state index is 0.0191. The Morgan fingerprint density at radius 2 is 2.17 bits per heavy atom. The molecule has 1 N–H and O–H groups in total. The number of nitriles is 1. The number of nitrogens with one attached hydrogen (secondary N) is 1. The molecule has 1 aliphatic rings. The summed E-state index contributed by atoms with van der Waals surface area (Å²) in [6, 6.07) is 11.7. The molecule has 4 nitrogen and oxygen atoms in total. The molecule has 0 saturated carbocycles. The van der Waals surface area contributed by atoms with Crippen LogP contribution in [0.4, 0.5) is 5.69 Å². The predicted molar refractivity (Wildman–Crippen MR) is 92.3 cm³/mol. The molecule has 2 aromatic rings. The highest BCUT2D eigenvalue weighted by molar-refractivity contribution is 7.07. The van der Waals surface area contributed by atoms with Gasteiger partial charge in [0.1, 0.15) is 0 Å². The maximum absolute atomic E-state index is 12.1. The fourth-order valence-corrected chi connectivity index (χ4v) is 3.74. The van der Waals surface area contributed by atoms with Crippen LogP contribution >= 0.6 is 11.3 Å². The summed E-state index contributed by atoms with van der Waals surface area (Å²) in [5.41, 5.74) is 2.71. The number of amides is 1. The summed E-state index contributed by atoms with van der Waals surface area (Å²) >= 11 is 1.73. The topological polar surface area (TPSA) is 56.1 Å².